The molecule has 0 bridgehead atoms. The molecule has 1 aliphatic rings. The van der Waals surface area contributed by atoms with Gasteiger partial charge in [-0.3, -0.25) is 0 Å². The summed E-state index contributed by atoms with van der Waals surface area (Å²) in [6.07, 6.45) is -4.43. The van der Waals surface area contributed by atoms with Crippen molar-refractivity contribution in [3.8, 4) is 0 Å². The molecular weight excluding hydrogens is 343 g/mol. The van der Waals surface area contributed by atoms with E-state index < -0.39 is 18.4 Å². The summed E-state index contributed by atoms with van der Waals surface area (Å²) >= 11 is 6.20. The fourth-order valence-corrected chi connectivity index (χ4v) is 3.16. The average Bonchev–Trinajstić information content (AvgIpc) is 2.53. The van der Waals surface area contributed by atoms with Gasteiger partial charge in [0, 0.05) is 42.6 Å². The Bertz CT molecular complexity index is 525. The molecule has 0 radical (unpaired) electrons. The molecule has 2 rings (SSSR count). The molecule has 1 aliphatic heterocycles. The van der Waals surface area contributed by atoms with Crippen LogP contribution in [0.25, 0.3) is 0 Å². The first-order valence-corrected chi connectivity index (χ1v) is 8.58. The van der Waals surface area contributed by atoms with Crippen LogP contribution in [0.1, 0.15) is 38.5 Å². The van der Waals surface area contributed by atoms with Crippen molar-refractivity contribution in [3.63, 3.8) is 0 Å². The first kappa shape index (κ1) is 19.3. The standard InChI is InChI=1S/C17H23ClF3NO2/c1-3-23-16(24-4-2)12-9-14(18)11-15(10-12)22-7-5-13(6-8-22)17(19,20)21/h9-11,13,16H,3-8H2,1-2H3. The molecule has 1 fully saturated rings. The molecule has 7 heteroatoms. The van der Waals surface area contributed by atoms with Crippen LogP contribution in [0.5, 0.6) is 0 Å². The van der Waals surface area contributed by atoms with Crippen LogP contribution in [0.4, 0.5) is 18.9 Å². The predicted octanol–water partition coefficient (Wildman–Crippen LogP) is 5.19. The van der Waals surface area contributed by atoms with Crippen molar-refractivity contribution in [2.75, 3.05) is 31.2 Å². The van der Waals surface area contributed by atoms with Gasteiger partial charge in [0.05, 0.1) is 5.92 Å². The fourth-order valence-electron chi connectivity index (χ4n) is 2.92. The number of alkyl halides is 3. The number of anilines is 1. The normalized spacial score (nSPS) is 16.9. The van der Waals surface area contributed by atoms with Crippen LogP contribution in [-0.4, -0.2) is 32.5 Å². The summed E-state index contributed by atoms with van der Waals surface area (Å²) in [5.41, 5.74) is 1.58. The summed E-state index contributed by atoms with van der Waals surface area (Å²) in [7, 11) is 0. The molecular formula is C17H23ClF3NO2. The molecule has 0 N–H and O–H groups in total. The van der Waals surface area contributed by atoms with Crippen LogP contribution in [-0.2, 0) is 9.47 Å². The van der Waals surface area contributed by atoms with E-state index in [2.05, 4.69) is 0 Å². The molecule has 0 spiro atoms. The number of hydrogen-bond acceptors (Lipinski definition) is 3. The monoisotopic (exact) mass is 365 g/mol. The smallest absolute Gasteiger partial charge is 0.371 e. The third kappa shape index (κ3) is 5.01. The quantitative estimate of drug-likeness (QED) is 0.647. The van der Waals surface area contributed by atoms with Crippen LogP contribution >= 0.6 is 11.6 Å². The topological polar surface area (TPSA) is 21.7 Å². The third-order valence-corrected chi connectivity index (χ3v) is 4.35. The number of piperidine rings is 1. The number of halogens is 4. The Hall–Kier alpha value is -0.980. The van der Waals surface area contributed by atoms with E-state index in [1.54, 1.807) is 12.1 Å². The van der Waals surface area contributed by atoms with E-state index >= 15 is 0 Å². The Morgan fingerprint density at radius 3 is 2.21 bits per heavy atom. The highest BCUT2D eigenvalue weighted by Gasteiger charge is 2.41. The summed E-state index contributed by atoms with van der Waals surface area (Å²) in [5, 5.41) is 0.518. The molecule has 0 amide bonds. The maximum Gasteiger partial charge on any atom is 0.391 e. The maximum atomic E-state index is 12.8. The van der Waals surface area contributed by atoms with Gasteiger partial charge >= 0.3 is 6.18 Å². The molecule has 0 saturated carbocycles. The van der Waals surface area contributed by atoms with Gasteiger partial charge in [-0.25, -0.2) is 0 Å². The Labute approximate surface area is 145 Å². The van der Waals surface area contributed by atoms with E-state index in [0.29, 0.717) is 31.3 Å². The van der Waals surface area contributed by atoms with Crippen LogP contribution in [0, 0.1) is 5.92 Å². The van der Waals surface area contributed by atoms with Crippen LogP contribution in [0.3, 0.4) is 0 Å². The molecule has 1 aromatic rings. The molecule has 24 heavy (non-hydrogen) atoms. The van der Waals surface area contributed by atoms with Crippen molar-refractivity contribution in [1.29, 1.82) is 0 Å². The van der Waals surface area contributed by atoms with Gasteiger partial charge in [0.1, 0.15) is 0 Å². The minimum atomic E-state index is -4.11. The minimum absolute atomic E-state index is 0.103. The lowest BCUT2D eigenvalue weighted by atomic mass is 9.96. The summed E-state index contributed by atoms with van der Waals surface area (Å²) in [6.45, 7) is 5.45. The summed E-state index contributed by atoms with van der Waals surface area (Å²) < 4.78 is 49.6. The van der Waals surface area contributed by atoms with Crippen LogP contribution in [0.15, 0.2) is 18.2 Å². The van der Waals surface area contributed by atoms with Gasteiger partial charge in [-0.15, -0.1) is 0 Å². The molecule has 0 unspecified atom stereocenters. The Morgan fingerprint density at radius 2 is 1.71 bits per heavy atom. The number of nitrogens with zero attached hydrogens (tertiary/aromatic N) is 1. The van der Waals surface area contributed by atoms with E-state index in [-0.39, 0.29) is 12.8 Å². The predicted molar refractivity (Wildman–Crippen MR) is 88.4 cm³/mol. The number of hydrogen-bond donors (Lipinski definition) is 0. The van der Waals surface area contributed by atoms with Crippen molar-refractivity contribution < 1.29 is 22.6 Å². The Morgan fingerprint density at radius 1 is 1.12 bits per heavy atom. The first-order valence-electron chi connectivity index (χ1n) is 8.20. The van der Waals surface area contributed by atoms with Gasteiger partial charge in [-0.05, 0) is 44.9 Å². The average molecular weight is 366 g/mol. The van der Waals surface area contributed by atoms with E-state index in [1.165, 1.54) is 0 Å². The van der Waals surface area contributed by atoms with Crippen LogP contribution < -0.4 is 4.90 Å². The molecule has 1 saturated heterocycles. The number of benzene rings is 1. The first-order chi connectivity index (χ1) is 11.3. The van der Waals surface area contributed by atoms with Gasteiger partial charge in [-0.1, -0.05) is 11.6 Å². The second-order valence-corrected chi connectivity index (χ2v) is 6.22. The summed E-state index contributed by atoms with van der Waals surface area (Å²) in [5.74, 6) is -1.22. The van der Waals surface area contributed by atoms with Crippen molar-refractivity contribution >= 4 is 17.3 Å². The van der Waals surface area contributed by atoms with E-state index in [1.807, 2.05) is 24.8 Å². The van der Waals surface area contributed by atoms with E-state index in [4.69, 9.17) is 21.1 Å². The molecule has 136 valence electrons. The van der Waals surface area contributed by atoms with Crippen molar-refractivity contribution in [3.05, 3.63) is 28.8 Å². The van der Waals surface area contributed by atoms with Gasteiger partial charge in [0.25, 0.3) is 0 Å². The van der Waals surface area contributed by atoms with E-state index in [9.17, 15) is 13.2 Å². The minimum Gasteiger partial charge on any atom is -0.371 e. The zero-order chi connectivity index (χ0) is 17.7. The second-order valence-electron chi connectivity index (χ2n) is 5.79. The number of rotatable bonds is 6. The second kappa shape index (κ2) is 8.41. The van der Waals surface area contributed by atoms with Crippen molar-refractivity contribution in [1.82, 2.24) is 0 Å². The van der Waals surface area contributed by atoms with E-state index in [0.717, 1.165) is 11.3 Å². The molecule has 3 nitrogen and oxygen atoms in total. The Kier molecular flexibility index (Phi) is 6.78. The molecule has 1 heterocycles. The largest absolute Gasteiger partial charge is 0.391 e. The zero-order valence-corrected chi connectivity index (χ0v) is 14.7. The fraction of sp³-hybridized carbons (Fsp3) is 0.647. The van der Waals surface area contributed by atoms with Crippen molar-refractivity contribution in [2.45, 2.75) is 39.2 Å². The molecule has 1 aromatic carbocycles. The third-order valence-electron chi connectivity index (χ3n) is 4.14. The highest BCUT2D eigenvalue weighted by atomic mass is 35.5. The Balaban J connectivity index is 2.14. The lowest BCUT2D eigenvalue weighted by molar-refractivity contribution is -0.179. The van der Waals surface area contributed by atoms with Gasteiger partial charge in [0.2, 0.25) is 0 Å². The maximum absolute atomic E-state index is 12.8. The summed E-state index contributed by atoms with van der Waals surface area (Å²) in [4.78, 5) is 1.94. The SMILES string of the molecule is CCOC(OCC)c1cc(Cl)cc(N2CCC(C(F)(F)F)CC2)c1. The highest BCUT2D eigenvalue weighted by molar-refractivity contribution is 6.30. The van der Waals surface area contributed by atoms with Crippen molar-refractivity contribution in [2.24, 2.45) is 5.92 Å². The van der Waals surface area contributed by atoms with Gasteiger partial charge in [-0.2, -0.15) is 13.2 Å². The summed E-state index contributed by atoms with van der Waals surface area (Å²) in [6, 6.07) is 5.42. The lowest BCUT2D eigenvalue weighted by Gasteiger charge is -2.35. The van der Waals surface area contributed by atoms with Crippen LogP contribution in [0.2, 0.25) is 5.02 Å². The molecule has 0 aliphatic carbocycles. The lowest BCUT2D eigenvalue weighted by Crippen LogP contribution is -2.39. The molecule has 0 aromatic heterocycles. The highest BCUT2D eigenvalue weighted by Crippen LogP contribution is 2.36. The zero-order valence-electron chi connectivity index (χ0n) is 13.9. The number of ether oxygens (including phenoxy) is 2. The molecule has 0 atom stereocenters. The van der Waals surface area contributed by atoms with Gasteiger partial charge < -0.3 is 14.4 Å². The van der Waals surface area contributed by atoms with Gasteiger partial charge in [0.15, 0.2) is 6.29 Å².